The Bertz CT molecular complexity index is 326. The molecule has 0 N–H and O–H groups in total. The second kappa shape index (κ2) is 6.47. The van der Waals surface area contributed by atoms with Gasteiger partial charge in [-0.25, -0.2) is 0 Å². The summed E-state index contributed by atoms with van der Waals surface area (Å²) < 4.78 is 5.50. The fourth-order valence-electron chi connectivity index (χ4n) is 1.15. The smallest absolute Gasteiger partial charge is 0.139 e. The van der Waals surface area contributed by atoms with Gasteiger partial charge in [-0.2, -0.15) is 0 Å². The molecule has 1 rings (SSSR count). The molecule has 0 radical (unpaired) electrons. The number of rotatable bonds is 5. The van der Waals surface area contributed by atoms with Crippen molar-refractivity contribution in [1.29, 1.82) is 0 Å². The lowest BCUT2D eigenvalue weighted by Gasteiger charge is -2.08. The first-order chi connectivity index (χ1) is 7.15. The molecule has 0 aliphatic heterocycles. The highest BCUT2D eigenvalue weighted by atomic mass is 35.5. The molecule has 1 nitrogen and oxygen atoms in total. The van der Waals surface area contributed by atoms with Crippen LogP contribution in [0.3, 0.4) is 0 Å². The average molecular weight is 268 g/mol. The predicted molar refractivity (Wildman–Crippen MR) is 66.5 cm³/mol. The van der Waals surface area contributed by atoms with Gasteiger partial charge in [-0.3, -0.25) is 0 Å². The largest absolute Gasteiger partial charge is 0.492 e. The van der Waals surface area contributed by atoms with E-state index in [-0.39, 0.29) is 0 Å². The van der Waals surface area contributed by atoms with Crippen molar-refractivity contribution in [2.45, 2.75) is 26.2 Å². The molecule has 0 aliphatic rings. The van der Waals surface area contributed by atoms with Crippen molar-refractivity contribution in [3.63, 3.8) is 0 Å². The Hall–Kier alpha value is -0.110. The molecule has 4 heteroatoms. The van der Waals surface area contributed by atoms with Gasteiger partial charge in [0.15, 0.2) is 0 Å². The van der Waals surface area contributed by atoms with E-state index in [0.29, 0.717) is 27.4 Å². The van der Waals surface area contributed by atoms with E-state index in [9.17, 15) is 0 Å². The maximum absolute atomic E-state index is 5.95. The van der Waals surface area contributed by atoms with Crippen LogP contribution in [0.5, 0.6) is 5.75 Å². The van der Waals surface area contributed by atoms with E-state index in [1.54, 1.807) is 12.1 Å². The summed E-state index contributed by atoms with van der Waals surface area (Å²) >= 11 is 17.6. The second-order valence-corrected chi connectivity index (χ2v) is 4.47. The third-order valence-electron chi connectivity index (χ3n) is 1.98. The molecule has 0 saturated carbocycles. The fraction of sp³-hybridized carbons (Fsp3) is 0.455. The Labute approximate surface area is 105 Å². The molecule has 0 fully saturated rings. The number of ether oxygens (including phenoxy) is 1. The van der Waals surface area contributed by atoms with Crippen molar-refractivity contribution in [2.75, 3.05) is 6.61 Å². The standard InChI is InChI=1S/C11H13Cl3O/c1-2-3-4-5-15-11-7-9(13)8(12)6-10(11)14/h6-7H,2-5H2,1H3. The number of unbranched alkanes of at least 4 members (excludes halogenated alkanes) is 2. The number of benzene rings is 1. The number of hydrogen-bond acceptors (Lipinski definition) is 1. The summed E-state index contributed by atoms with van der Waals surface area (Å²) in [6.07, 6.45) is 3.34. The van der Waals surface area contributed by atoms with Crippen molar-refractivity contribution in [1.82, 2.24) is 0 Å². The SMILES string of the molecule is CCCCCOc1cc(Cl)c(Cl)cc1Cl. The lowest BCUT2D eigenvalue weighted by molar-refractivity contribution is 0.306. The molecule has 0 spiro atoms. The molecule has 1 aromatic carbocycles. The van der Waals surface area contributed by atoms with Crippen LogP contribution < -0.4 is 4.74 Å². The van der Waals surface area contributed by atoms with E-state index in [2.05, 4.69) is 6.92 Å². The van der Waals surface area contributed by atoms with Gasteiger partial charge < -0.3 is 4.74 Å². The van der Waals surface area contributed by atoms with Gasteiger partial charge in [0.25, 0.3) is 0 Å². The summed E-state index contributed by atoms with van der Waals surface area (Å²) in [5.74, 6) is 0.599. The van der Waals surface area contributed by atoms with Crippen molar-refractivity contribution >= 4 is 34.8 Å². The quantitative estimate of drug-likeness (QED) is 0.525. The van der Waals surface area contributed by atoms with E-state index in [0.717, 1.165) is 12.8 Å². The monoisotopic (exact) mass is 266 g/mol. The molecule has 0 amide bonds. The van der Waals surface area contributed by atoms with Crippen LogP contribution in [-0.2, 0) is 0 Å². The summed E-state index contributed by atoms with van der Waals surface area (Å²) in [5, 5.41) is 1.41. The number of halogens is 3. The van der Waals surface area contributed by atoms with Gasteiger partial charge >= 0.3 is 0 Å². The third-order valence-corrected chi connectivity index (χ3v) is 3.00. The zero-order valence-electron chi connectivity index (χ0n) is 8.53. The Morgan fingerprint density at radius 1 is 1.00 bits per heavy atom. The predicted octanol–water partition coefficient (Wildman–Crippen LogP) is 5.22. The summed E-state index contributed by atoms with van der Waals surface area (Å²) in [5.41, 5.74) is 0. The normalized spacial score (nSPS) is 10.4. The minimum Gasteiger partial charge on any atom is -0.492 e. The lowest BCUT2D eigenvalue weighted by atomic mass is 10.3. The molecule has 0 aliphatic carbocycles. The first-order valence-corrected chi connectivity index (χ1v) is 6.06. The number of hydrogen-bond donors (Lipinski definition) is 0. The third kappa shape index (κ3) is 4.10. The summed E-state index contributed by atoms with van der Waals surface area (Å²) in [4.78, 5) is 0. The minimum absolute atomic E-state index is 0.447. The van der Waals surface area contributed by atoms with E-state index in [1.165, 1.54) is 6.42 Å². The summed E-state index contributed by atoms with van der Waals surface area (Å²) in [7, 11) is 0. The highest BCUT2D eigenvalue weighted by Gasteiger charge is 2.06. The maximum atomic E-state index is 5.95. The molecule has 0 bridgehead atoms. The Morgan fingerprint density at radius 3 is 2.33 bits per heavy atom. The Balaban J connectivity index is 2.57. The van der Waals surface area contributed by atoms with Crippen LogP contribution in [0.4, 0.5) is 0 Å². The first kappa shape index (κ1) is 13.0. The van der Waals surface area contributed by atoms with Crippen LogP contribution >= 0.6 is 34.8 Å². The van der Waals surface area contributed by atoms with Gasteiger partial charge in [0.1, 0.15) is 5.75 Å². The van der Waals surface area contributed by atoms with Gasteiger partial charge in [-0.05, 0) is 12.5 Å². The fourth-order valence-corrected chi connectivity index (χ4v) is 1.74. The van der Waals surface area contributed by atoms with Gasteiger partial charge in [0, 0.05) is 6.07 Å². The summed E-state index contributed by atoms with van der Waals surface area (Å²) in [6.45, 7) is 2.80. The zero-order valence-corrected chi connectivity index (χ0v) is 10.8. The van der Waals surface area contributed by atoms with E-state index in [1.807, 2.05) is 0 Å². The van der Waals surface area contributed by atoms with Gasteiger partial charge in [0.2, 0.25) is 0 Å². The van der Waals surface area contributed by atoms with Gasteiger partial charge in [0.05, 0.1) is 21.7 Å². The van der Waals surface area contributed by atoms with Crippen LogP contribution in [0.1, 0.15) is 26.2 Å². The Morgan fingerprint density at radius 2 is 1.67 bits per heavy atom. The molecule has 1 aromatic rings. The van der Waals surface area contributed by atoms with Crippen LogP contribution in [0.25, 0.3) is 0 Å². The summed E-state index contributed by atoms with van der Waals surface area (Å²) in [6, 6.07) is 3.25. The Kier molecular flexibility index (Phi) is 5.59. The molecule has 0 unspecified atom stereocenters. The van der Waals surface area contributed by atoms with E-state index >= 15 is 0 Å². The van der Waals surface area contributed by atoms with Crippen molar-refractivity contribution in [3.8, 4) is 5.75 Å². The minimum atomic E-state index is 0.447. The molecule has 15 heavy (non-hydrogen) atoms. The van der Waals surface area contributed by atoms with E-state index in [4.69, 9.17) is 39.5 Å². The first-order valence-electron chi connectivity index (χ1n) is 4.92. The van der Waals surface area contributed by atoms with Crippen LogP contribution in [0.15, 0.2) is 12.1 Å². The van der Waals surface area contributed by atoms with Crippen molar-refractivity contribution in [3.05, 3.63) is 27.2 Å². The second-order valence-electron chi connectivity index (χ2n) is 3.25. The zero-order chi connectivity index (χ0) is 11.3. The molecular formula is C11H13Cl3O. The molecule has 0 atom stereocenters. The highest BCUT2D eigenvalue weighted by Crippen LogP contribution is 2.33. The van der Waals surface area contributed by atoms with E-state index < -0.39 is 0 Å². The topological polar surface area (TPSA) is 9.23 Å². The van der Waals surface area contributed by atoms with Crippen molar-refractivity contribution < 1.29 is 4.74 Å². The highest BCUT2D eigenvalue weighted by molar-refractivity contribution is 6.43. The molecule has 0 saturated heterocycles. The van der Waals surface area contributed by atoms with Crippen LogP contribution in [0.2, 0.25) is 15.1 Å². The van der Waals surface area contributed by atoms with Gasteiger partial charge in [-0.15, -0.1) is 0 Å². The molecule has 0 heterocycles. The van der Waals surface area contributed by atoms with Crippen LogP contribution in [-0.4, -0.2) is 6.61 Å². The molecule has 84 valence electrons. The maximum Gasteiger partial charge on any atom is 0.139 e. The molecular weight excluding hydrogens is 254 g/mol. The van der Waals surface area contributed by atoms with Gasteiger partial charge in [-0.1, -0.05) is 54.6 Å². The molecule has 0 aromatic heterocycles. The lowest BCUT2D eigenvalue weighted by Crippen LogP contribution is -1.97. The average Bonchev–Trinajstić information content (AvgIpc) is 2.20. The van der Waals surface area contributed by atoms with Crippen molar-refractivity contribution in [2.24, 2.45) is 0 Å². The van der Waals surface area contributed by atoms with Crippen LogP contribution in [0, 0.1) is 0 Å².